The largest absolute Gasteiger partial charge is 0.339 e. The zero-order valence-corrected chi connectivity index (χ0v) is 15.1. The smallest absolute Gasteiger partial charge is 0.259 e. The standard InChI is InChI=1S/C21H19F3N2O2/c22-14-6-4-13(5-7-14)15-12-16(15)20(27)25-8-10-26(11-9-25)21(28)19-17(23)2-1-3-18(19)24/h1-7,15-16H,8-12H2/t15-,16+/m1/s1. The van der Waals surface area contributed by atoms with Gasteiger partial charge in [-0.1, -0.05) is 18.2 Å². The van der Waals surface area contributed by atoms with Crippen LogP contribution in [0.2, 0.25) is 0 Å². The second-order valence-electron chi connectivity index (χ2n) is 7.21. The van der Waals surface area contributed by atoms with Crippen LogP contribution in [0.4, 0.5) is 13.2 Å². The molecule has 1 heterocycles. The topological polar surface area (TPSA) is 40.6 Å². The fraction of sp³-hybridized carbons (Fsp3) is 0.333. The van der Waals surface area contributed by atoms with Gasteiger partial charge >= 0.3 is 0 Å². The van der Waals surface area contributed by atoms with E-state index in [1.807, 2.05) is 0 Å². The lowest BCUT2D eigenvalue weighted by Crippen LogP contribution is -2.51. The predicted molar refractivity (Wildman–Crippen MR) is 96.1 cm³/mol. The Labute approximate surface area is 160 Å². The average molecular weight is 388 g/mol. The highest BCUT2D eigenvalue weighted by Gasteiger charge is 2.46. The molecule has 0 unspecified atom stereocenters. The summed E-state index contributed by atoms with van der Waals surface area (Å²) < 4.78 is 40.7. The average Bonchev–Trinajstić information content (AvgIpc) is 3.49. The summed E-state index contributed by atoms with van der Waals surface area (Å²) in [5, 5.41) is 0. The van der Waals surface area contributed by atoms with Crippen molar-refractivity contribution in [3.63, 3.8) is 0 Å². The molecule has 0 radical (unpaired) electrons. The fourth-order valence-corrected chi connectivity index (χ4v) is 3.77. The van der Waals surface area contributed by atoms with Gasteiger partial charge in [-0.25, -0.2) is 13.2 Å². The Balaban J connectivity index is 1.35. The van der Waals surface area contributed by atoms with Crippen LogP contribution in [0.25, 0.3) is 0 Å². The molecule has 2 fully saturated rings. The molecule has 0 aromatic heterocycles. The van der Waals surface area contributed by atoms with E-state index in [4.69, 9.17) is 0 Å². The highest BCUT2D eigenvalue weighted by molar-refractivity contribution is 5.95. The van der Waals surface area contributed by atoms with Crippen LogP contribution in [0.15, 0.2) is 42.5 Å². The number of nitrogens with zero attached hydrogens (tertiary/aromatic N) is 2. The van der Waals surface area contributed by atoms with Crippen molar-refractivity contribution in [3.8, 4) is 0 Å². The van der Waals surface area contributed by atoms with Gasteiger partial charge in [0, 0.05) is 32.1 Å². The third-order valence-corrected chi connectivity index (χ3v) is 5.46. The number of amides is 2. The van der Waals surface area contributed by atoms with Crippen LogP contribution < -0.4 is 0 Å². The van der Waals surface area contributed by atoms with Gasteiger partial charge < -0.3 is 9.80 Å². The molecule has 146 valence electrons. The monoisotopic (exact) mass is 388 g/mol. The minimum Gasteiger partial charge on any atom is -0.339 e. The molecule has 28 heavy (non-hydrogen) atoms. The first-order valence-corrected chi connectivity index (χ1v) is 9.23. The predicted octanol–water partition coefficient (Wildman–Crippen LogP) is 3.19. The molecule has 4 nitrogen and oxygen atoms in total. The van der Waals surface area contributed by atoms with E-state index < -0.39 is 23.1 Å². The van der Waals surface area contributed by atoms with E-state index in [2.05, 4.69) is 0 Å². The van der Waals surface area contributed by atoms with E-state index in [0.717, 1.165) is 24.1 Å². The number of carbonyl (C=O) groups is 2. The van der Waals surface area contributed by atoms with Crippen molar-refractivity contribution in [1.82, 2.24) is 9.80 Å². The van der Waals surface area contributed by atoms with Gasteiger partial charge in [-0.2, -0.15) is 0 Å². The number of benzene rings is 2. The molecule has 2 aliphatic rings. The van der Waals surface area contributed by atoms with Gasteiger partial charge in [0.2, 0.25) is 5.91 Å². The van der Waals surface area contributed by atoms with Crippen LogP contribution in [0.5, 0.6) is 0 Å². The van der Waals surface area contributed by atoms with Gasteiger partial charge in [0.1, 0.15) is 23.0 Å². The summed E-state index contributed by atoms with van der Waals surface area (Å²) in [7, 11) is 0. The maximum absolute atomic E-state index is 13.8. The zero-order valence-electron chi connectivity index (χ0n) is 15.1. The maximum atomic E-state index is 13.8. The van der Waals surface area contributed by atoms with E-state index in [1.54, 1.807) is 17.0 Å². The van der Waals surface area contributed by atoms with Crippen molar-refractivity contribution >= 4 is 11.8 Å². The third-order valence-electron chi connectivity index (χ3n) is 5.46. The molecule has 2 aromatic carbocycles. The van der Waals surface area contributed by atoms with E-state index in [9.17, 15) is 22.8 Å². The lowest BCUT2D eigenvalue weighted by molar-refractivity contribution is -0.134. The molecule has 0 N–H and O–H groups in total. The summed E-state index contributed by atoms with van der Waals surface area (Å²) >= 11 is 0. The molecule has 1 saturated heterocycles. The maximum Gasteiger partial charge on any atom is 0.259 e. The van der Waals surface area contributed by atoms with Crippen molar-refractivity contribution in [2.24, 2.45) is 5.92 Å². The Morgan fingerprint density at radius 1 is 0.821 bits per heavy atom. The minimum absolute atomic E-state index is 0.0125. The minimum atomic E-state index is -0.886. The van der Waals surface area contributed by atoms with Gasteiger partial charge in [0.25, 0.3) is 5.91 Å². The van der Waals surface area contributed by atoms with E-state index in [0.29, 0.717) is 13.1 Å². The molecule has 2 amide bonds. The lowest BCUT2D eigenvalue weighted by atomic mass is 10.1. The Morgan fingerprint density at radius 2 is 1.39 bits per heavy atom. The first kappa shape index (κ1) is 18.5. The quantitative estimate of drug-likeness (QED) is 0.810. The summed E-state index contributed by atoms with van der Waals surface area (Å²) in [5.41, 5.74) is 0.393. The summed E-state index contributed by atoms with van der Waals surface area (Å²) in [6.07, 6.45) is 0.726. The van der Waals surface area contributed by atoms with Crippen molar-refractivity contribution in [1.29, 1.82) is 0 Å². The normalized spacial score (nSPS) is 21.5. The molecule has 0 bridgehead atoms. The number of carbonyl (C=O) groups excluding carboxylic acids is 2. The Morgan fingerprint density at radius 3 is 2.00 bits per heavy atom. The van der Waals surface area contributed by atoms with E-state index in [-0.39, 0.29) is 36.6 Å². The van der Waals surface area contributed by atoms with Crippen molar-refractivity contribution < 1.29 is 22.8 Å². The molecule has 1 aliphatic heterocycles. The summed E-state index contributed by atoms with van der Waals surface area (Å²) in [5.74, 6) is -2.79. The SMILES string of the molecule is O=C(c1c(F)cccc1F)N1CCN(C(=O)[C@H]2C[C@@H]2c2ccc(F)cc2)CC1. The first-order chi connectivity index (χ1) is 13.5. The van der Waals surface area contributed by atoms with Gasteiger partial charge in [0.15, 0.2) is 0 Å². The lowest BCUT2D eigenvalue weighted by Gasteiger charge is -2.35. The van der Waals surface area contributed by atoms with Crippen LogP contribution in [0.3, 0.4) is 0 Å². The Kier molecular flexibility index (Phi) is 4.83. The fourth-order valence-electron chi connectivity index (χ4n) is 3.77. The van der Waals surface area contributed by atoms with Gasteiger partial charge in [-0.05, 0) is 42.2 Å². The van der Waals surface area contributed by atoms with E-state index >= 15 is 0 Å². The summed E-state index contributed by atoms with van der Waals surface area (Å²) in [6, 6.07) is 9.51. The number of halogens is 3. The molecule has 7 heteroatoms. The summed E-state index contributed by atoms with van der Waals surface area (Å²) in [4.78, 5) is 28.2. The number of hydrogen-bond donors (Lipinski definition) is 0. The molecule has 2 atom stereocenters. The third kappa shape index (κ3) is 3.48. The Hall–Kier alpha value is -2.83. The van der Waals surface area contributed by atoms with Crippen LogP contribution >= 0.6 is 0 Å². The van der Waals surface area contributed by atoms with Crippen molar-refractivity contribution in [2.45, 2.75) is 12.3 Å². The molecule has 1 aliphatic carbocycles. The van der Waals surface area contributed by atoms with Crippen molar-refractivity contribution in [3.05, 3.63) is 71.0 Å². The molecular weight excluding hydrogens is 369 g/mol. The first-order valence-electron chi connectivity index (χ1n) is 9.23. The van der Waals surface area contributed by atoms with Crippen LogP contribution in [0.1, 0.15) is 28.3 Å². The van der Waals surface area contributed by atoms with E-state index in [1.165, 1.54) is 23.1 Å². The second-order valence-corrected chi connectivity index (χ2v) is 7.21. The number of piperazine rings is 1. The second kappa shape index (κ2) is 7.30. The molecule has 2 aromatic rings. The zero-order chi connectivity index (χ0) is 19.8. The van der Waals surface area contributed by atoms with Gasteiger partial charge in [-0.15, -0.1) is 0 Å². The molecule has 4 rings (SSSR count). The van der Waals surface area contributed by atoms with Gasteiger partial charge in [0.05, 0.1) is 0 Å². The van der Waals surface area contributed by atoms with Crippen LogP contribution in [-0.4, -0.2) is 47.8 Å². The van der Waals surface area contributed by atoms with Crippen LogP contribution in [-0.2, 0) is 4.79 Å². The van der Waals surface area contributed by atoms with Crippen LogP contribution in [0, 0.1) is 23.4 Å². The Bertz CT molecular complexity index is 888. The molecule has 1 saturated carbocycles. The number of rotatable bonds is 3. The highest BCUT2D eigenvalue weighted by atomic mass is 19.1. The van der Waals surface area contributed by atoms with Crippen molar-refractivity contribution in [2.75, 3.05) is 26.2 Å². The summed E-state index contributed by atoms with van der Waals surface area (Å²) in [6.45, 7) is 1.11. The molecule has 0 spiro atoms. The number of hydrogen-bond acceptors (Lipinski definition) is 2. The van der Waals surface area contributed by atoms with Gasteiger partial charge in [-0.3, -0.25) is 9.59 Å². The highest BCUT2D eigenvalue weighted by Crippen LogP contribution is 2.48. The molecular formula is C21H19F3N2O2.